The largest absolute Gasteiger partial charge is 0.348 e. The highest BCUT2D eigenvalue weighted by molar-refractivity contribution is 5.87. The van der Waals surface area contributed by atoms with Crippen molar-refractivity contribution in [1.82, 2.24) is 85.7 Å². The summed E-state index contributed by atoms with van der Waals surface area (Å²) in [6.07, 6.45) is -5.75. The van der Waals surface area contributed by atoms with Crippen molar-refractivity contribution >= 4 is 69.3 Å². The van der Waals surface area contributed by atoms with Gasteiger partial charge in [-0.25, -0.2) is 29.9 Å². The molecule has 0 aliphatic heterocycles. The lowest BCUT2D eigenvalue weighted by molar-refractivity contribution is -0.128. The SMILES string of the molecule is [2H]c1c(C([2H])([2H])[2H])c([2H])n2c(CC(=O)N(C)C([2H])([2H])[2H])c(-c3ccc(C([2H])([2H])[2H])cc3)nc2c1[2H].[2H]c1c(C([2H])([2H])[2H])c([2H])n2c(CC(=O)N(C)C([2H])([2H])[2H])c(-c3ccc(C)cc3)nc2c1[2H].[2H]c1c(C)c([2H])n2c(CC(=O)N(C)C([2H])([2H])[2H])c(-c3ccc(C([2H])([2H])[2H])cc3)nc2c1[2H].[2H]c1c(C)c([2H])n2c(CC(=O)N(C)C([2H])([2H])[2H])c(-c3ccc(C)cc3)nc2c1[2H].[2H]c1c([2H])c(-c2nc3c([2H])c([2H])c(C([2H])([2H])[2H])c([2H])n3c2CC(=O)N(C)C([2H])([2H])[2H])c([2H])c([2H])c1C.[2H]c1c([2H])c(-c2nc3c([2H])c([2H])c(C)c([2H])n3c2CC(=O)N(C)C([2H])([2H])[2H])c([2H])c([2H])c1C. The maximum atomic E-state index is 12.9. The third-order valence-corrected chi connectivity index (χ3v) is 20.4. The van der Waals surface area contributed by atoms with E-state index < -0.39 is 257 Å². The molecule has 18 rings (SSSR count). The summed E-state index contributed by atoms with van der Waals surface area (Å²) in [5.74, 6) is -4.94. The molecule has 138 heavy (non-hydrogen) atoms. The molecular weight excluding hydrogens is 1720 g/mol. The van der Waals surface area contributed by atoms with Gasteiger partial charge in [0, 0.05) is 200 Å². The van der Waals surface area contributed by atoms with E-state index in [0.717, 1.165) is 64.0 Å². The second kappa shape index (κ2) is 43.7. The summed E-state index contributed by atoms with van der Waals surface area (Å²) in [5.41, 5.74) is 1.62. The predicted octanol–water partition coefficient (Wildman–Crippen LogP) is 19.5. The molecule has 6 amide bonds. The van der Waals surface area contributed by atoms with Crippen LogP contribution in [0.1, 0.15) is 182 Å². The molecule has 6 aromatic carbocycles. The highest BCUT2D eigenvalue weighted by Gasteiger charge is 2.26. The lowest BCUT2D eigenvalue weighted by atomic mass is 10.1. The Morgan fingerprint density at radius 1 is 0.217 bits per heavy atom. The van der Waals surface area contributed by atoms with Gasteiger partial charge in [0.15, 0.2) is 0 Å². The van der Waals surface area contributed by atoms with Crippen LogP contribution in [0.15, 0.2) is 255 Å². The van der Waals surface area contributed by atoms with E-state index in [4.69, 9.17) is 80.9 Å². The van der Waals surface area contributed by atoms with Crippen molar-refractivity contribution in [3.05, 3.63) is 356 Å². The first-order valence-corrected chi connectivity index (χ1v) is 41.6. The number of aromatic nitrogens is 12. The van der Waals surface area contributed by atoms with E-state index in [1.807, 2.05) is 38.1 Å². The Morgan fingerprint density at radius 3 is 0.572 bits per heavy atom. The molecule has 0 saturated carbocycles. The van der Waals surface area contributed by atoms with Crippen LogP contribution in [-0.2, 0) is 67.3 Å². The highest BCUT2D eigenvalue weighted by Crippen LogP contribution is 2.34. The van der Waals surface area contributed by atoms with E-state index in [1.165, 1.54) is 92.1 Å². The van der Waals surface area contributed by atoms with Gasteiger partial charge in [-0.1, -0.05) is 215 Å². The van der Waals surface area contributed by atoms with Crippen molar-refractivity contribution in [2.75, 3.05) is 84.1 Å². The zero-order chi connectivity index (χ0) is 149. The monoisotopic (exact) mass is 1900 g/mol. The third-order valence-electron chi connectivity index (χ3n) is 20.4. The van der Waals surface area contributed by atoms with Gasteiger partial charge in [-0.2, -0.15) is 0 Å². The van der Waals surface area contributed by atoms with Crippen molar-refractivity contribution in [3.63, 3.8) is 0 Å². The number of pyridine rings is 6. The van der Waals surface area contributed by atoms with Gasteiger partial charge in [0.25, 0.3) is 0 Å². The molecule has 0 saturated heterocycles. The Balaban J connectivity index is 0.000000190. The van der Waals surface area contributed by atoms with Gasteiger partial charge in [-0.3, -0.25) is 28.8 Å². The maximum Gasteiger partial charge on any atom is 0.228 e. The van der Waals surface area contributed by atoms with Gasteiger partial charge in [-0.15, -0.1) is 0 Å². The smallest absolute Gasteiger partial charge is 0.228 e. The van der Waals surface area contributed by atoms with E-state index in [9.17, 15) is 28.8 Å². The van der Waals surface area contributed by atoms with Crippen molar-refractivity contribution in [2.24, 2.45) is 0 Å². The van der Waals surface area contributed by atoms with Crippen molar-refractivity contribution in [2.45, 2.75) is 121 Å². The molecule has 0 fully saturated rings. The minimum Gasteiger partial charge on any atom is -0.348 e. The number of amides is 6. The summed E-state index contributed by atoms with van der Waals surface area (Å²) in [7, 11) is 6.63. The van der Waals surface area contributed by atoms with Crippen molar-refractivity contribution in [3.8, 4) is 67.5 Å². The molecule has 0 bridgehead atoms. The van der Waals surface area contributed by atoms with Crippen LogP contribution in [0.25, 0.3) is 101 Å². The number of hydrogen-bond donors (Lipinski definition) is 0. The van der Waals surface area contributed by atoms with Crippen LogP contribution in [0.5, 0.6) is 0 Å². The topological polar surface area (TPSA) is 226 Å². The van der Waals surface area contributed by atoms with Crippen LogP contribution in [0.3, 0.4) is 0 Å². The zero-order valence-electron chi connectivity index (χ0n) is 135. The van der Waals surface area contributed by atoms with Gasteiger partial charge in [0.2, 0.25) is 35.4 Å². The molecule has 0 N–H and O–H groups in total. The van der Waals surface area contributed by atoms with Crippen LogP contribution in [0.2, 0.25) is 0 Å². The quantitative estimate of drug-likeness (QED) is 0.0782. The number of fused-ring (bicyclic) bond motifs is 6. The first kappa shape index (κ1) is 48.1. The van der Waals surface area contributed by atoms with Gasteiger partial charge in [0.05, 0.1) is 142 Å². The normalized spacial score (nSPS) is 18.1. The molecule has 24 heteroatoms. The summed E-state index contributed by atoms with van der Waals surface area (Å²) in [5, 5.41) is 0. The lowest BCUT2D eigenvalue weighted by Gasteiger charge is -2.11. The Morgan fingerprint density at radius 2 is 0.384 bits per heavy atom. The molecule has 0 aliphatic carbocycles. The molecular formula is C114H126N18O6. The molecule has 0 spiro atoms. The predicted molar refractivity (Wildman–Crippen MR) is 555 cm³/mol. The van der Waals surface area contributed by atoms with Gasteiger partial charge in [0.1, 0.15) is 33.9 Å². The van der Waals surface area contributed by atoms with E-state index in [0.29, 0.717) is 63.0 Å². The van der Waals surface area contributed by atoms with Crippen LogP contribution in [0.4, 0.5) is 0 Å². The van der Waals surface area contributed by atoms with E-state index in [-0.39, 0.29) is 209 Å². The summed E-state index contributed by atoms with van der Waals surface area (Å²) in [6.45, 7) is -18.6. The molecule has 0 radical (unpaired) electrons. The average molecular weight is 1900 g/mol. The number of carbonyl (C=O) groups is 6. The Bertz CT molecular complexity index is 10500. The van der Waals surface area contributed by atoms with Crippen molar-refractivity contribution < 1.29 is 110 Å². The number of likely N-dealkylation sites (N-methyl/N-ethyl adjacent to an activating group) is 6. The van der Waals surface area contributed by atoms with Crippen LogP contribution in [0, 0.1) is 82.7 Å². The number of aryl methyl sites for hydroxylation is 4. The number of hydrogen-bond acceptors (Lipinski definition) is 12. The van der Waals surface area contributed by atoms with E-state index in [2.05, 4.69) is 29.9 Å². The van der Waals surface area contributed by atoms with Gasteiger partial charge < -0.3 is 55.8 Å². The number of benzene rings is 6. The first-order chi connectivity index (χ1) is 90.0. The third kappa shape index (κ3) is 24.1. The zero-order valence-corrected chi connectivity index (χ0v) is 76.5. The first-order valence-electron chi connectivity index (χ1n) is 71.1. The van der Waals surface area contributed by atoms with Gasteiger partial charge in [-0.05, 0) is 152 Å². The van der Waals surface area contributed by atoms with Crippen LogP contribution in [-0.4, -0.2) is 205 Å². The van der Waals surface area contributed by atoms with Gasteiger partial charge >= 0.3 is 0 Å². The van der Waals surface area contributed by atoms with Crippen LogP contribution < -0.4 is 0 Å². The Labute approximate surface area is 892 Å². The molecule has 0 aliphatic rings. The molecule has 12 aromatic heterocycles. The standard InChI is InChI=1S/6C19H21N3O/c6*1-13-5-8-15(9-6-13)19-16(11-18(23)21(3)4)22-12-14(2)7-10-17(22)20-19/h6*5-10,12H,11H2,1-4H3/i2D3,3D3,5D,6D,7D,8D,9D,10D,12D;3D3,5D,6D,7D,8D,9D,10D,12D;1D3,2D3,3D3,7D,10D,12D;2D3,3D3,7D,10D,12D;1D3,3D3,7D,10D,12D;3D3,7D,10D,12D. The minimum atomic E-state index is -2.99. The lowest BCUT2D eigenvalue weighted by Crippen LogP contribution is -2.24. The summed E-state index contributed by atoms with van der Waals surface area (Å²) in [4.78, 5) is 106. The average Bonchev–Trinajstić information content (AvgIpc) is 1.56. The van der Waals surface area contributed by atoms with Crippen molar-refractivity contribution in [1.29, 1.82) is 0 Å². The number of nitrogens with zero attached hydrogens (tertiary/aromatic N) is 18. The number of rotatable bonds is 18. The maximum absolute atomic E-state index is 12.9. The molecule has 0 unspecified atom stereocenters. The molecule has 18 aromatic rings. The summed E-state index contributed by atoms with van der Waals surface area (Å²) in [6, 6.07) is 17.2. The molecule has 708 valence electrons. The molecule has 12 heterocycles. The summed E-state index contributed by atoms with van der Waals surface area (Å²) >= 11 is 0. The summed E-state index contributed by atoms with van der Waals surface area (Å²) < 4.78 is 471. The minimum absolute atomic E-state index is 0.0140. The second-order valence-corrected chi connectivity index (χ2v) is 31.2. The Kier molecular flexibility index (Phi) is 15.3. The fraction of sp³-hybridized carbons (Fsp3) is 0.263. The molecule has 24 nitrogen and oxygen atoms in total. The highest BCUT2D eigenvalue weighted by atomic mass is 16.2. The van der Waals surface area contributed by atoms with E-state index >= 15 is 0 Å². The fourth-order valence-corrected chi connectivity index (χ4v) is 13.3. The fourth-order valence-electron chi connectivity index (χ4n) is 13.3. The Hall–Kier alpha value is -15.7. The van der Waals surface area contributed by atoms with E-state index in [1.54, 1.807) is 31.2 Å². The van der Waals surface area contributed by atoms with Crippen LogP contribution >= 0.6 is 0 Å². The second-order valence-electron chi connectivity index (χ2n) is 31.2. The molecule has 0 atom stereocenters. The number of imidazole rings is 6. The number of carbonyl (C=O) groups excluding carboxylic acids is 6.